The lowest BCUT2D eigenvalue weighted by Crippen LogP contribution is -2.49. The SMILES string of the molecule is COc1ccc(CN(C)C(=O)CN2C[C@@H](C)O[C@@H](C)C2)c2cccnc12. The summed E-state index contributed by atoms with van der Waals surface area (Å²) < 4.78 is 11.1. The van der Waals surface area contributed by atoms with Gasteiger partial charge < -0.3 is 14.4 Å². The Bertz CT molecular complexity index is 770. The second-order valence-electron chi connectivity index (χ2n) is 7.03. The van der Waals surface area contributed by atoms with E-state index in [1.54, 1.807) is 18.2 Å². The van der Waals surface area contributed by atoms with Crippen molar-refractivity contribution in [2.24, 2.45) is 0 Å². The highest BCUT2D eigenvalue weighted by molar-refractivity contribution is 5.88. The molecule has 6 heteroatoms. The van der Waals surface area contributed by atoms with E-state index in [4.69, 9.17) is 9.47 Å². The molecule has 0 radical (unpaired) electrons. The van der Waals surface area contributed by atoms with Crippen molar-refractivity contribution < 1.29 is 14.3 Å². The van der Waals surface area contributed by atoms with Crippen molar-refractivity contribution in [3.05, 3.63) is 36.0 Å². The number of rotatable bonds is 5. The Kier molecular flexibility index (Phi) is 5.74. The molecule has 2 aromatic rings. The topological polar surface area (TPSA) is 54.9 Å². The van der Waals surface area contributed by atoms with Crippen molar-refractivity contribution in [1.29, 1.82) is 0 Å². The van der Waals surface area contributed by atoms with Crippen molar-refractivity contribution in [3.8, 4) is 5.75 Å². The van der Waals surface area contributed by atoms with Gasteiger partial charge in [-0.25, -0.2) is 0 Å². The van der Waals surface area contributed by atoms with Gasteiger partial charge in [0, 0.05) is 38.3 Å². The number of methoxy groups -OCH3 is 1. The minimum Gasteiger partial charge on any atom is -0.494 e. The van der Waals surface area contributed by atoms with E-state index in [1.807, 2.05) is 45.2 Å². The van der Waals surface area contributed by atoms with Gasteiger partial charge in [0.05, 0.1) is 25.9 Å². The molecule has 2 atom stereocenters. The van der Waals surface area contributed by atoms with Crippen LogP contribution in [0.4, 0.5) is 0 Å². The molecule has 0 aliphatic carbocycles. The fraction of sp³-hybridized carbons (Fsp3) is 0.500. The van der Waals surface area contributed by atoms with E-state index >= 15 is 0 Å². The van der Waals surface area contributed by atoms with Crippen LogP contribution >= 0.6 is 0 Å². The van der Waals surface area contributed by atoms with Crippen molar-refractivity contribution in [2.75, 3.05) is 33.8 Å². The molecule has 3 rings (SSSR count). The van der Waals surface area contributed by atoms with Gasteiger partial charge in [0.2, 0.25) is 5.91 Å². The number of nitrogens with zero attached hydrogens (tertiary/aromatic N) is 3. The maximum Gasteiger partial charge on any atom is 0.236 e. The van der Waals surface area contributed by atoms with E-state index < -0.39 is 0 Å². The number of aromatic nitrogens is 1. The number of carbonyl (C=O) groups excluding carboxylic acids is 1. The summed E-state index contributed by atoms with van der Waals surface area (Å²) >= 11 is 0. The molecule has 0 bridgehead atoms. The molecule has 0 unspecified atom stereocenters. The first kappa shape index (κ1) is 18.6. The van der Waals surface area contributed by atoms with Gasteiger partial charge in [-0.15, -0.1) is 0 Å². The lowest BCUT2D eigenvalue weighted by atomic mass is 10.1. The van der Waals surface area contributed by atoms with Crippen LogP contribution in [0.1, 0.15) is 19.4 Å². The number of benzene rings is 1. The second-order valence-corrected chi connectivity index (χ2v) is 7.03. The molecule has 1 amide bonds. The number of pyridine rings is 1. The Morgan fingerprint density at radius 2 is 2.04 bits per heavy atom. The molecule has 0 saturated carbocycles. The first-order valence-corrected chi connectivity index (χ1v) is 9.00. The smallest absolute Gasteiger partial charge is 0.236 e. The van der Waals surface area contributed by atoms with Crippen molar-refractivity contribution in [1.82, 2.24) is 14.8 Å². The van der Waals surface area contributed by atoms with Gasteiger partial charge in [0.25, 0.3) is 0 Å². The summed E-state index contributed by atoms with van der Waals surface area (Å²) in [6, 6.07) is 7.84. The van der Waals surface area contributed by atoms with Crippen molar-refractivity contribution >= 4 is 16.8 Å². The predicted molar refractivity (Wildman–Crippen MR) is 101 cm³/mol. The largest absolute Gasteiger partial charge is 0.494 e. The zero-order valence-corrected chi connectivity index (χ0v) is 15.9. The van der Waals surface area contributed by atoms with Crippen molar-refractivity contribution in [3.63, 3.8) is 0 Å². The standard InChI is InChI=1S/C20H27N3O3/c1-14-10-23(11-15(2)26-14)13-19(24)22(3)12-16-7-8-18(25-4)20-17(16)6-5-9-21-20/h5-9,14-15H,10-13H2,1-4H3/t14-,15+. The molecule has 0 N–H and O–H groups in total. The number of likely N-dealkylation sites (N-methyl/N-ethyl adjacent to an activating group) is 1. The minimum absolute atomic E-state index is 0.110. The monoisotopic (exact) mass is 357 g/mol. The maximum atomic E-state index is 12.7. The van der Waals surface area contributed by atoms with Crippen LogP contribution in [0.2, 0.25) is 0 Å². The highest BCUT2D eigenvalue weighted by Gasteiger charge is 2.25. The third-order valence-electron chi connectivity index (χ3n) is 4.73. The van der Waals surface area contributed by atoms with Crippen LogP contribution in [0.15, 0.2) is 30.5 Å². The van der Waals surface area contributed by atoms with Gasteiger partial charge in [-0.3, -0.25) is 14.7 Å². The van der Waals surface area contributed by atoms with E-state index in [1.165, 1.54) is 0 Å². The predicted octanol–water partition coefficient (Wildman–Crippen LogP) is 2.31. The summed E-state index contributed by atoms with van der Waals surface area (Å²) in [6.45, 7) is 6.64. The summed E-state index contributed by atoms with van der Waals surface area (Å²) in [4.78, 5) is 21.1. The summed E-state index contributed by atoms with van der Waals surface area (Å²) in [6.07, 6.45) is 2.08. The molecule has 26 heavy (non-hydrogen) atoms. The van der Waals surface area contributed by atoms with Gasteiger partial charge >= 0.3 is 0 Å². The zero-order chi connectivity index (χ0) is 18.7. The molecule has 0 spiro atoms. The average molecular weight is 357 g/mol. The van der Waals surface area contributed by atoms with Crippen LogP contribution in [0.25, 0.3) is 10.9 Å². The molecule has 1 aliphatic rings. The van der Waals surface area contributed by atoms with Crippen LogP contribution in [0.3, 0.4) is 0 Å². The number of ether oxygens (including phenoxy) is 2. The normalized spacial score (nSPS) is 20.9. The molecular weight excluding hydrogens is 330 g/mol. The Morgan fingerprint density at radius 3 is 2.73 bits per heavy atom. The summed E-state index contributed by atoms with van der Waals surface area (Å²) in [5.41, 5.74) is 1.89. The number of hydrogen-bond acceptors (Lipinski definition) is 5. The molecule has 2 heterocycles. The Morgan fingerprint density at radius 1 is 1.31 bits per heavy atom. The zero-order valence-electron chi connectivity index (χ0n) is 15.9. The fourth-order valence-corrected chi connectivity index (χ4v) is 3.58. The van der Waals surface area contributed by atoms with Gasteiger partial charge in [-0.2, -0.15) is 0 Å². The number of morpholine rings is 1. The van der Waals surface area contributed by atoms with E-state index in [2.05, 4.69) is 9.88 Å². The summed E-state index contributed by atoms with van der Waals surface area (Å²) in [5.74, 6) is 0.855. The maximum absolute atomic E-state index is 12.7. The molecule has 1 aromatic heterocycles. The summed E-state index contributed by atoms with van der Waals surface area (Å²) in [5, 5.41) is 1.01. The second kappa shape index (κ2) is 8.01. The van der Waals surface area contributed by atoms with Gasteiger partial charge in [-0.05, 0) is 31.5 Å². The molecule has 1 aliphatic heterocycles. The average Bonchev–Trinajstić information content (AvgIpc) is 2.61. The Labute approximate surface area is 154 Å². The van der Waals surface area contributed by atoms with Crippen LogP contribution < -0.4 is 4.74 Å². The fourth-order valence-electron chi connectivity index (χ4n) is 3.58. The summed E-state index contributed by atoms with van der Waals surface area (Å²) in [7, 11) is 3.49. The number of hydrogen-bond donors (Lipinski definition) is 0. The Hall–Kier alpha value is -2.18. The number of fused-ring (bicyclic) bond motifs is 1. The van der Waals surface area contributed by atoms with Crippen LogP contribution in [0, 0.1) is 0 Å². The highest BCUT2D eigenvalue weighted by atomic mass is 16.5. The van der Waals surface area contributed by atoms with E-state index in [0.717, 1.165) is 35.3 Å². The van der Waals surface area contributed by atoms with E-state index in [0.29, 0.717) is 13.1 Å². The van der Waals surface area contributed by atoms with Crippen LogP contribution in [-0.4, -0.2) is 66.7 Å². The molecular formula is C20H27N3O3. The van der Waals surface area contributed by atoms with E-state index in [9.17, 15) is 4.79 Å². The molecule has 1 aromatic carbocycles. The van der Waals surface area contributed by atoms with Gasteiger partial charge in [0.15, 0.2) is 0 Å². The highest BCUT2D eigenvalue weighted by Crippen LogP contribution is 2.27. The van der Waals surface area contributed by atoms with Crippen molar-refractivity contribution in [2.45, 2.75) is 32.6 Å². The lowest BCUT2D eigenvalue weighted by Gasteiger charge is -2.35. The molecule has 1 fully saturated rings. The van der Waals surface area contributed by atoms with Gasteiger partial charge in [0.1, 0.15) is 11.3 Å². The quantitative estimate of drug-likeness (QED) is 0.822. The van der Waals surface area contributed by atoms with E-state index in [-0.39, 0.29) is 18.1 Å². The third-order valence-corrected chi connectivity index (χ3v) is 4.73. The molecule has 6 nitrogen and oxygen atoms in total. The Balaban J connectivity index is 1.70. The van der Waals surface area contributed by atoms with Crippen LogP contribution in [0.5, 0.6) is 5.75 Å². The van der Waals surface area contributed by atoms with Gasteiger partial charge in [-0.1, -0.05) is 12.1 Å². The van der Waals surface area contributed by atoms with Crippen LogP contribution in [-0.2, 0) is 16.1 Å². The third kappa shape index (κ3) is 4.14. The number of amides is 1. The number of carbonyl (C=O) groups is 1. The first-order valence-electron chi connectivity index (χ1n) is 9.00. The lowest BCUT2D eigenvalue weighted by molar-refractivity contribution is -0.135. The molecule has 1 saturated heterocycles. The first-order chi connectivity index (χ1) is 12.5. The minimum atomic E-state index is 0.110. The molecule has 140 valence electrons.